The van der Waals surface area contributed by atoms with Crippen LogP contribution in [-0.2, 0) is 4.74 Å². The van der Waals surface area contributed by atoms with Crippen LogP contribution in [0.1, 0.15) is 65.7 Å². The third-order valence-electron chi connectivity index (χ3n) is 4.99. The molecule has 112 valence electrons. The summed E-state index contributed by atoms with van der Waals surface area (Å²) in [6, 6.07) is 0. The van der Waals surface area contributed by atoms with E-state index in [-0.39, 0.29) is 16.9 Å². The van der Waals surface area contributed by atoms with Gasteiger partial charge in [0.15, 0.2) is 0 Å². The molecule has 2 rings (SSSR count). The van der Waals surface area contributed by atoms with Crippen LogP contribution in [0, 0.1) is 11.3 Å². The molecular weight excluding hydrogens is 240 g/mol. The molecule has 3 heteroatoms. The molecule has 0 bridgehead atoms. The Morgan fingerprint density at radius 1 is 1.11 bits per heavy atom. The number of aliphatic hydroxyl groups is 2. The fourth-order valence-corrected chi connectivity index (χ4v) is 3.67. The third-order valence-corrected chi connectivity index (χ3v) is 4.99. The van der Waals surface area contributed by atoms with Crippen molar-refractivity contribution in [2.24, 2.45) is 11.3 Å². The minimum absolute atomic E-state index is 0.000247. The third kappa shape index (κ3) is 3.50. The molecule has 1 saturated heterocycles. The van der Waals surface area contributed by atoms with Gasteiger partial charge in [0, 0.05) is 6.61 Å². The Morgan fingerprint density at radius 3 is 2.32 bits per heavy atom. The van der Waals surface area contributed by atoms with Gasteiger partial charge in [-0.1, -0.05) is 40.0 Å². The van der Waals surface area contributed by atoms with Gasteiger partial charge in [-0.15, -0.1) is 0 Å². The first-order chi connectivity index (χ1) is 8.84. The summed E-state index contributed by atoms with van der Waals surface area (Å²) in [5, 5.41) is 20.8. The van der Waals surface area contributed by atoms with E-state index < -0.39 is 12.2 Å². The maximum Gasteiger partial charge on any atom is 0.0849 e. The minimum Gasteiger partial charge on any atom is -0.390 e. The van der Waals surface area contributed by atoms with Crippen LogP contribution >= 0.6 is 0 Å². The molecule has 2 N–H and O–H groups in total. The maximum atomic E-state index is 10.5. The average molecular weight is 270 g/mol. The van der Waals surface area contributed by atoms with E-state index in [0.29, 0.717) is 0 Å². The van der Waals surface area contributed by atoms with Crippen LogP contribution in [-0.4, -0.2) is 34.6 Å². The van der Waals surface area contributed by atoms with Crippen LogP contribution < -0.4 is 0 Å². The van der Waals surface area contributed by atoms with Gasteiger partial charge in [0.25, 0.3) is 0 Å². The standard InChI is InChI=1S/C16H30O3/c1-15(2,3)14(18)13(17)12-7-10-19-16(11-12)8-5-4-6-9-16/h12-14,17-18H,4-11H2,1-3H3. The summed E-state index contributed by atoms with van der Waals surface area (Å²) >= 11 is 0. The Labute approximate surface area is 117 Å². The summed E-state index contributed by atoms with van der Waals surface area (Å²) in [5.74, 6) is 0.182. The topological polar surface area (TPSA) is 49.7 Å². The highest BCUT2D eigenvalue weighted by Crippen LogP contribution is 2.42. The van der Waals surface area contributed by atoms with E-state index in [1.54, 1.807) is 0 Å². The lowest BCUT2D eigenvalue weighted by molar-refractivity contribution is -0.155. The number of ether oxygens (including phenoxy) is 1. The molecule has 0 aromatic rings. The molecule has 2 fully saturated rings. The van der Waals surface area contributed by atoms with Gasteiger partial charge in [0.1, 0.15) is 0 Å². The fraction of sp³-hybridized carbons (Fsp3) is 1.00. The smallest absolute Gasteiger partial charge is 0.0849 e. The molecule has 0 aromatic carbocycles. The Kier molecular flexibility index (Phi) is 4.59. The van der Waals surface area contributed by atoms with Crippen LogP contribution in [0.5, 0.6) is 0 Å². The Hall–Kier alpha value is -0.120. The summed E-state index contributed by atoms with van der Waals surface area (Å²) in [5.41, 5.74) is -0.267. The summed E-state index contributed by atoms with van der Waals surface area (Å²) in [6.45, 7) is 6.68. The molecule has 0 amide bonds. The summed E-state index contributed by atoms with van der Waals surface area (Å²) in [6.07, 6.45) is 6.55. The molecule has 0 radical (unpaired) electrons. The van der Waals surface area contributed by atoms with E-state index in [2.05, 4.69) is 0 Å². The number of rotatable bonds is 2. The molecule has 1 heterocycles. The molecule has 19 heavy (non-hydrogen) atoms. The SMILES string of the molecule is CC(C)(C)C(O)C(O)C1CCOC2(CCCCC2)C1. The second-order valence-electron chi connectivity index (χ2n) is 7.65. The molecule has 1 aliphatic heterocycles. The zero-order valence-electron chi connectivity index (χ0n) is 12.7. The van der Waals surface area contributed by atoms with Crippen molar-refractivity contribution in [3.8, 4) is 0 Å². The van der Waals surface area contributed by atoms with Gasteiger partial charge in [-0.2, -0.15) is 0 Å². The van der Waals surface area contributed by atoms with Crippen LogP contribution in [0.4, 0.5) is 0 Å². The van der Waals surface area contributed by atoms with Gasteiger partial charge < -0.3 is 14.9 Å². The van der Waals surface area contributed by atoms with Gasteiger partial charge in [-0.3, -0.25) is 0 Å². The molecule has 0 aromatic heterocycles. The predicted octanol–water partition coefficient (Wildman–Crippen LogP) is 2.88. The minimum atomic E-state index is -0.656. The molecule has 1 saturated carbocycles. The second-order valence-corrected chi connectivity index (χ2v) is 7.65. The van der Waals surface area contributed by atoms with Crippen molar-refractivity contribution >= 4 is 0 Å². The Bertz CT molecular complexity index is 283. The first-order valence-electron chi connectivity index (χ1n) is 7.84. The van der Waals surface area contributed by atoms with Gasteiger partial charge >= 0.3 is 0 Å². The van der Waals surface area contributed by atoms with Gasteiger partial charge in [0.2, 0.25) is 0 Å². The van der Waals surface area contributed by atoms with E-state index in [1.165, 1.54) is 19.3 Å². The molecular formula is C16H30O3. The van der Waals surface area contributed by atoms with E-state index in [9.17, 15) is 10.2 Å². The van der Waals surface area contributed by atoms with E-state index >= 15 is 0 Å². The van der Waals surface area contributed by atoms with Crippen molar-refractivity contribution < 1.29 is 14.9 Å². The first kappa shape index (κ1) is 15.3. The number of hydrogen-bond donors (Lipinski definition) is 2. The van der Waals surface area contributed by atoms with Crippen LogP contribution in [0.25, 0.3) is 0 Å². The molecule has 3 nitrogen and oxygen atoms in total. The quantitative estimate of drug-likeness (QED) is 0.811. The van der Waals surface area contributed by atoms with E-state index in [4.69, 9.17) is 4.74 Å². The highest BCUT2D eigenvalue weighted by atomic mass is 16.5. The van der Waals surface area contributed by atoms with Gasteiger partial charge in [0.05, 0.1) is 17.8 Å². The highest BCUT2D eigenvalue weighted by Gasteiger charge is 2.43. The number of aliphatic hydroxyl groups excluding tert-OH is 2. The molecule has 2 aliphatic rings. The Balaban J connectivity index is 2.00. The van der Waals surface area contributed by atoms with Gasteiger partial charge in [-0.25, -0.2) is 0 Å². The van der Waals surface area contributed by atoms with Crippen molar-refractivity contribution in [3.05, 3.63) is 0 Å². The van der Waals surface area contributed by atoms with Crippen molar-refractivity contribution in [1.82, 2.24) is 0 Å². The predicted molar refractivity (Wildman–Crippen MR) is 76.0 cm³/mol. The monoisotopic (exact) mass is 270 g/mol. The van der Waals surface area contributed by atoms with Crippen LogP contribution in [0.15, 0.2) is 0 Å². The first-order valence-corrected chi connectivity index (χ1v) is 7.84. The Morgan fingerprint density at radius 2 is 1.74 bits per heavy atom. The maximum absolute atomic E-state index is 10.5. The molecule has 1 spiro atoms. The fourth-order valence-electron chi connectivity index (χ4n) is 3.67. The summed E-state index contributed by atoms with van der Waals surface area (Å²) in [7, 11) is 0. The lowest BCUT2D eigenvalue weighted by Gasteiger charge is -2.46. The zero-order valence-corrected chi connectivity index (χ0v) is 12.7. The van der Waals surface area contributed by atoms with Crippen molar-refractivity contribution in [2.75, 3.05) is 6.61 Å². The lowest BCUT2D eigenvalue weighted by Crippen LogP contribution is -2.49. The highest BCUT2D eigenvalue weighted by molar-refractivity contribution is 4.94. The average Bonchev–Trinajstić information content (AvgIpc) is 2.37. The van der Waals surface area contributed by atoms with E-state index in [0.717, 1.165) is 32.3 Å². The summed E-state index contributed by atoms with van der Waals surface area (Å²) in [4.78, 5) is 0. The molecule has 3 unspecified atom stereocenters. The molecule has 1 aliphatic carbocycles. The van der Waals surface area contributed by atoms with Gasteiger partial charge in [-0.05, 0) is 37.0 Å². The summed E-state index contributed by atoms with van der Waals surface area (Å²) < 4.78 is 6.06. The largest absolute Gasteiger partial charge is 0.390 e. The molecule has 3 atom stereocenters. The van der Waals surface area contributed by atoms with Crippen LogP contribution in [0.2, 0.25) is 0 Å². The second kappa shape index (κ2) is 5.71. The normalized spacial score (nSPS) is 31.1. The van der Waals surface area contributed by atoms with Crippen molar-refractivity contribution in [3.63, 3.8) is 0 Å². The lowest BCUT2D eigenvalue weighted by atomic mass is 9.71. The zero-order chi connectivity index (χ0) is 14.1. The number of hydrogen-bond acceptors (Lipinski definition) is 3. The van der Waals surface area contributed by atoms with Crippen LogP contribution in [0.3, 0.4) is 0 Å². The van der Waals surface area contributed by atoms with Crippen molar-refractivity contribution in [2.45, 2.75) is 83.5 Å². The van der Waals surface area contributed by atoms with E-state index in [1.807, 2.05) is 20.8 Å². The van der Waals surface area contributed by atoms with Crippen molar-refractivity contribution in [1.29, 1.82) is 0 Å².